The second-order valence-corrected chi connectivity index (χ2v) is 8.44. The second kappa shape index (κ2) is 9.44. The highest BCUT2D eigenvalue weighted by molar-refractivity contribution is 6.33. The van der Waals surface area contributed by atoms with Crippen LogP contribution in [-0.4, -0.2) is 41.5 Å². The number of piperidine rings is 1. The molecular weight excluding hydrogens is 428 g/mol. The van der Waals surface area contributed by atoms with Crippen molar-refractivity contribution >= 4 is 45.8 Å². The number of anilines is 2. The molecule has 32 heavy (non-hydrogen) atoms. The van der Waals surface area contributed by atoms with E-state index in [1.54, 1.807) is 24.3 Å². The first-order valence-corrected chi connectivity index (χ1v) is 11.0. The number of pyridine rings is 1. The van der Waals surface area contributed by atoms with Gasteiger partial charge in [0.25, 0.3) is 0 Å². The number of aromatic nitrogens is 1. The fraction of sp³-hybridized carbons (Fsp3) is 0.292. The van der Waals surface area contributed by atoms with Gasteiger partial charge in [-0.3, -0.25) is 9.59 Å². The Hall–Kier alpha value is -3.32. The quantitative estimate of drug-likeness (QED) is 0.546. The molecule has 166 valence electrons. The molecule has 2 aromatic carbocycles. The highest BCUT2D eigenvalue weighted by Crippen LogP contribution is 2.28. The number of amides is 2. The van der Waals surface area contributed by atoms with E-state index in [-0.39, 0.29) is 30.0 Å². The zero-order valence-corrected chi connectivity index (χ0v) is 18.5. The van der Waals surface area contributed by atoms with Gasteiger partial charge in [-0.1, -0.05) is 29.8 Å². The predicted octanol–water partition coefficient (Wildman–Crippen LogP) is 3.87. The lowest BCUT2D eigenvalue weighted by molar-refractivity contribution is -0.127. The molecule has 0 aliphatic carbocycles. The van der Waals surface area contributed by atoms with Crippen molar-refractivity contribution in [1.29, 1.82) is 0 Å². The number of halogens is 1. The van der Waals surface area contributed by atoms with E-state index in [2.05, 4.69) is 20.5 Å². The summed E-state index contributed by atoms with van der Waals surface area (Å²) in [6, 6.07) is 14.6. The molecule has 1 aromatic heterocycles. The molecule has 1 aliphatic heterocycles. The number of carbonyl (C=O) groups excluding carboxylic acids is 2. The van der Waals surface area contributed by atoms with Gasteiger partial charge >= 0.3 is 0 Å². The summed E-state index contributed by atoms with van der Waals surface area (Å²) in [4.78, 5) is 31.4. The van der Waals surface area contributed by atoms with Crippen molar-refractivity contribution in [2.45, 2.75) is 19.8 Å². The monoisotopic (exact) mass is 452 g/mol. The van der Waals surface area contributed by atoms with Crippen LogP contribution in [0.25, 0.3) is 10.9 Å². The molecule has 1 fully saturated rings. The lowest BCUT2D eigenvalue weighted by Crippen LogP contribution is -2.42. The number of hydrogen-bond acceptors (Lipinski definition) is 5. The second-order valence-electron chi connectivity index (χ2n) is 8.03. The fourth-order valence-corrected chi connectivity index (χ4v) is 4.18. The van der Waals surface area contributed by atoms with Crippen LogP contribution in [0, 0.1) is 12.8 Å². The minimum Gasteiger partial charge on any atom is -0.506 e. The van der Waals surface area contributed by atoms with Gasteiger partial charge in [-0.05, 0) is 55.7 Å². The number of rotatable bonds is 5. The van der Waals surface area contributed by atoms with Crippen LogP contribution in [-0.2, 0) is 9.59 Å². The van der Waals surface area contributed by atoms with E-state index in [1.807, 2.05) is 31.2 Å². The lowest BCUT2D eigenvalue weighted by Gasteiger charge is -2.32. The number of phenolic OH excluding ortho intramolecular Hbond substituents is 1. The van der Waals surface area contributed by atoms with Gasteiger partial charge in [-0.2, -0.15) is 0 Å². The fourth-order valence-electron chi connectivity index (χ4n) is 3.90. The van der Waals surface area contributed by atoms with E-state index < -0.39 is 0 Å². The smallest absolute Gasteiger partial charge is 0.243 e. The molecule has 0 bridgehead atoms. The zero-order valence-electron chi connectivity index (χ0n) is 17.8. The number of phenols is 1. The van der Waals surface area contributed by atoms with Crippen LogP contribution in [0.5, 0.6) is 5.75 Å². The van der Waals surface area contributed by atoms with Crippen LogP contribution in [0.4, 0.5) is 11.5 Å². The first kappa shape index (κ1) is 21.9. The topological polar surface area (TPSA) is 94.6 Å². The average Bonchev–Trinajstić information content (AvgIpc) is 2.79. The van der Waals surface area contributed by atoms with Crippen molar-refractivity contribution in [3.8, 4) is 5.75 Å². The summed E-state index contributed by atoms with van der Waals surface area (Å²) in [5, 5.41) is 16.9. The molecule has 0 spiro atoms. The first-order valence-electron chi connectivity index (χ1n) is 10.6. The molecule has 7 nitrogen and oxygen atoms in total. The summed E-state index contributed by atoms with van der Waals surface area (Å²) in [7, 11) is 0. The highest BCUT2D eigenvalue weighted by atomic mass is 35.5. The van der Waals surface area contributed by atoms with Gasteiger partial charge < -0.3 is 20.6 Å². The van der Waals surface area contributed by atoms with Crippen LogP contribution in [0.15, 0.2) is 48.5 Å². The summed E-state index contributed by atoms with van der Waals surface area (Å²) < 4.78 is 0. The van der Waals surface area contributed by atoms with Crippen molar-refractivity contribution in [3.05, 3.63) is 59.1 Å². The maximum Gasteiger partial charge on any atom is 0.243 e. The number of aromatic hydroxyl groups is 1. The van der Waals surface area contributed by atoms with Crippen molar-refractivity contribution < 1.29 is 14.7 Å². The molecule has 8 heteroatoms. The number of para-hydroxylation sites is 1. The van der Waals surface area contributed by atoms with Crippen LogP contribution >= 0.6 is 11.6 Å². The van der Waals surface area contributed by atoms with Crippen LogP contribution < -0.4 is 15.5 Å². The summed E-state index contributed by atoms with van der Waals surface area (Å²) in [5.41, 5.74) is 2.10. The summed E-state index contributed by atoms with van der Waals surface area (Å²) >= 11 is 6.14. The minimum absolute atomic E-state index is 0.102. The molecule has 0 radical (unpaired) electrons. The third-order valence-corrected chi connectivity index (χ3v) is 6.01. The Balaban J connectivity index is 1.28. The van der Waals surface area contributed by atoms with Crippen molar-refractivity contribution in [2.75, 3.05) is 29.9 Å². The minimum atomic E-state index is -0.318. The van der Waals surface area contributed by atoms with Crippen LogP contribution in [0.1, 0.15) is 18.4 Å². The molecule has 1 saturated heterocycles. The number of hydrogen-bond donors (Lipinski definition) is 3. The van der Waals surface area contributed by atoms with Crippen molar-refractivity contribution in [3.63, 3.8) is 0 Å². The summed E-state index contributed by atoms with van der Waals surface area (Å²) in [6.07, 6.45) is 1.33. The van der Waals surface area contributed by atoms with E-state index in [0.717, 1.165) is 16.8 Å². The van der Waals surface area contributed by atoms with Gasteiger partial charge in [-0.25, -0.2) is 4.98 Å². The van der Waals surface area contributed by atoms with Gasteiger partial charge in [0.2, 0.25) is 11.8 Å². The van der Waals surface area contributed by atoms with Crippen molar-refractivity contribution in [2.24, 2.45) is 5.92 Å². The average molecular weight is 453 g/mol. The Morgan fingerprint density at radius 1 is 1.16 bits per heavy atom. The predicted molar refractivity (Wildman–Crippen MR) is 126 cm³/mol. The molecule has 2 amide bonds. The number of aryl methyl sites for hydroxylation is 1. The van der Waals surface area contributed by atoms with Gasteiger partial charge in [0.05, 0.1) is 17.3 Å². The van der Waals surface area contributed by atoms with Crippen LogP contribution in [0.2, 0.25) is 5.02 Å². The van der Waals surface area contributed by atoms with Crippen molar-refractivity contribution in [1.82, 2.24) is 10.3 Å². The number of fused-ring (bicyclic) bond motifs is 1. The van der Waals surface area contributed by atoms with E-state index in [9.17, 15) is 14.7 Å². The highest BCUT2D eigenvalue weighted by Gasteiger charge is 2.26. The van der Waals surface area contributed by atoms with Gasteiger partial charge in [0, 0.05) is 24.4 Å². The Morgan fingerprint density at radius 2 is 1.94 bits per heavy atom. The maximum absolute atomic E-state index is 12.5. The largest absolute Gasteiger partial charge is 0.506 e. The number of nitrogens with one attached hydrogen (secondary N) is 2. The molecule has 0 atom stereocenters. The number of benzene rings is 2. The van der Waals surface area contributed by atoms with Gasteiger partial charge in [0.15, 0.2) is 0 Å². The third kappa shape index (κ3) is 4.94. The summed E-state index contributed by atoms with van der Waals surface area (Å²) in [6.45, 7) is 3.17. The Morgan fingerprint density at radius 3 is 2.69 bits per heavy atom. The molecule has 3 N–H and O–H groups in total. The van der Waals surface area contributed by atoms with Gasteiger partial charge in [-0.15, -0.1) is 0 Å². The summed E-state index contributed by atoms with van der Waals surface area (Å²) in [5.74, 6) is 0.340. The SMILES string of the molecule is Cc1ccc(NC(=O)CNC(=O)C2CCN(c3ccc4cccc(O)c4n3)CC2)c(Cl)c1. The van der Waals surface area contributed by atoms with Gasteiger partial charge in [0.1, 0.15) is 17.1 Å². The lowest BCUT2D eigenvalue weighted by atomic mass is 9.96. The molecule has 0 saturated carbocycles. The first-order chi connectivity index (χ1) is 15.4. The molecule has 1 aliphatic rings. The molecule has 0 unspecified atom stereocenters. The third-order valence-electron chi connectivity index (χ3n) is 5.70. The van der Waals surface area contributed by atoms with E-state index in [0.29, 0.717) is 42.2 Å². The zero-order chi connectivity index (χ0) is 22.7. The molecule has 3 aromatic rings. The van der Waals surface area contributed by atoms with E-state index in [4.69, 9.17) is 11.6 Å². The number of nitrogens with zero attached hydrogens (tertiary/aromatic N) is 2. The number of carbonyl (C=O) groups is 2. The molecule has 4 rings (SSSR count). The molecule has 2 heterocycles. The standard InChI is InChI=1S/C24H25ClN4O3/c1-15-5-7-19(18(25)13-15)27-22(31)14-26-24(32)17-9-11-29(12-10-17)21-8-6-16-3-2-4-20(30)23(16)28-21/h2-8,13,17,30H,9-12,14H2,1H3,(H,26,32)(H,27,31). The van der Waals surface area contributed by atoms with E-state index in [1.165, 1.54) is 0 Å². The molecular formula is C24H25ClN4O3. The van der Waals surface area contributed by atoms with Crippen LogP contribution in [0.3, 0.4) is 0 Å². The Labute approximate surface area is 191 Å². The Kier molecular flexibility index (Phi) is 6.46. The maximum atomic E-state index is 12.5. The normalized spacial score (nSPS) is 14.4. The van der Waals surface area contributed by atoms with E-state index >= 15 is 0 Å². The Bertz CT molecular complexity index is 1160.